The molecule has 1 atom stereocenters. The summed E-state index contributed by atoms with van der Waals surface area (Å²) in [6, 6.07) is 15.3. The van der Waals surface area contributed by atoms with Crippen LogP contribution in [-0.4, -0.2) is 16.7 Å². The number of hydrogen-bond acceptors (Lipinski definition) is 4. The van der Waals surface area contributed by atoms with Crippen LogP contribution in [0.15, 0.2) is 53.3 Å². The third-order valence-corrected chi connectivity index (χ3v) is 3.47. The molecule has 0 aliphatic rings. The van der Waals surface area contributed by atoms with Crippen molar-refractivity contribution < 1.29 is 4.52 Å². The lowest BCUT2D eigenvalue weighted by molar-refractivity contribution is 0.372. The topological polar surface area (TPSA) is 51.0 Å². The third-order valence-electron chi connectivity index (χ3n) is 3.47. The SMILES string of the molecule is CC(NCCc1ncno1)c1ccc2ccccc2c1. The van der Waals surface area contributed by atoms with E-state index in [1.807, 2.05) is 0 Å². The first kappa shape index (κ1) is 12.8. The summed E-state index contributed by atoms with van der Waals surface area (Å²) in [5, 5.41) is 9.62. The Kier molecular flexibility index (Phi) is 3.74. The highest BCUT2D eigenvalue weighted by Gasteiger charge is 2.06. The van der Waals surface area contributed by atoms with Gasteiger partial charge in [-0.1, -0.05) is 41.6 Å². The van der Waals surface area contributed by atoms with Crippen molar-refractivity contribution in [3.63, 3.8) is 0 Å². The van der Waals surface area contributed by atoms with E-state index >= 15 is 0 Å². The van der Waals surface area contributed by atoms with E-state index in [1.165, 1.54) is 22.7 Å². The van der Waals surface area contributed by atoms with E-state index in [0.717, 1.165) is 13.0 Å². The molecule has 0 bridgehead atoms. The Morgan fingerprint density at radius 2 is 2.00 bits per heavy atom. The number of benzene rings is 2. The standard InChI is InChI=1S/C16H17N3O/c1-12(17-9-8-16-18-11-19-20-16)14-7-6-13-4-2-3-5-15(13)10-14/h2-7,10-12,17H,8-9H2,1H3. The van der Waals surface area contributed by atoms with Gasteiger partial charge in [0, 0.05) is 19.0 Å². The van der Waals surface area contributed by atoms with Gasteiger partial charge in [-0.3, -0.25) is 0 Å². The van der Waals surface area contributed by atoms with E-state index in [9.17, 15) is 0 Å². The van der Waals surface area contributed by atoms with Crippen LogP contribution < -0.4 is 5.32 Å². The van der Waals surface area contributed by atoms with Crippen LogP contribution in [-0.2, 0) is 6.42 Å². The molecule has 3 rings (SSSR count). The van der Waals surface area contributed by atoms with Gasteiger partial charge in [0.25, 0.3) is 0 Å². The number of aromatic nitrogens is 2. The number of rotatable bonds is 5. The summed E-state index contributed by atoms with van der Waals surface area (Å²) in [4.78, 5) is 4.01. The van der Waals surface area contributed by atoms with Crippen LogP contribution in [0.1, 0.15) is 24.4 Å². The van der Waals surface area contributed by atoms with Crippen LogP contribution in [0.4, 0.5) is 0 Å². The second-order valence-electron chi connectivity index (χ2n) is 4.87. The van der Waals surface area contributed by atoms with Gasteiger partial charge in [-0.05, 0) is 29.3 Å². The Morgan fingerprint density at radius 1 is 1.15 bits per heavy atom. The molecule has 0 saturated carbocycles. The molecule has 2 aromatic carbocycles. The van der Waals surface area contributed by atoms with Crippen molar-refractivity contribution in [2.45, 2.75) is 19.4 Å². The molecule has 20 heavy (non-hydrogen) atoms. The van der Waals surface area contributed by atoms with Crippen LogP contribution in [0.2, 0.25) is 0 Å². The van der Waals surface area contributed by atoms with Crippen LogP contribution in [0.5, 0.6) is 0 Å². The summed E-state index contributed by atoms with van der Waals surface area (Å²) in [6.07, 6.45) is 2.18. The fourth-order valence-electron chi connectivity index (χ4n) is 2.30. The largest absolute Gasteiger partial charge is 0.340 e. The second-order valence-corrected chi connectivity index (χ2v) is 4.87. The summed E-state index contributed by atoms with van der Waals surface area (Å²) < 4.78 is 4.98. The molecule has 0 radical (unpaired) electrons. The van der Waals surface area contributed by atoms with Gasteiger partial charge in [0.2, 0.25) is 5.89 Å². The molecule has 102 valence electrons. The quantitative estimate of drug-likeness (QED) is 0.771. The van der Waals surface area contributed by atoms with Crippen molar-refractivity contribution in [1.82, 2.24) is 15.5 Å². The molecule has 3 aromatic rings. The minimum Gasteiger partial charge on any atom is -0.340 e. The zero-order valence-corrected chi connectivity index (χ0v) is 11.4. The lowest BCUT2D eigenvalue weighted by Gasteiger charge is -2.14. The van der Waals surface area contributed by atoms with Crippen molar-refractivity contribution in [2.24, 2.45) is 0 Å². The van der Waals surface area contributed by atoms with E-state index in [2.05, 4.69) is 64.8 Å². The highest BCUT2D eigenvalue weighted by molar-refractivity contribution is 5.83. The minimum absolute atomic E-state index is 0.294. The molecule has 1 heterocycles. The van der Waals surface area contributed by atoms with E-state index < -0.39 is 0 Å². The first-order chi connectivity index (χ1) is 9.83. The third kappa shape index (κ3) is 2.86. The molecule has 0 saturated heterocycles. The van der Waals surface area contributed by atoms with Gasteiger partial charge in [0.05, 0.1) is 0 Å². The molecule has 4 heteroatoms. The van der Waals surface area contributed by atoms with Crippen LogP contribution in [0.3, 0.4) is 0 Å². The predicted octanol–water partition coefficient (Wildman–Crippen LogP) is 3.12. The fourth-order valence-corrected chi connectivity index (χ4v) is 2.30. The molecule has 0 spiro atoms. The van der Waals surface area contributed by atoms with Crippen molar-refractivity contribution in [3.8, 4) is 0 Å². The number of hydrogen-bond donors (Lipinski definition) is 1. The fraction of sp³-hybridized carbons (Fsp3) is 0.250. The van der Waals surface area contributed by atoms with E-state index in [0.29, 0.717) is 11.9 Å². The smallest absolute Gasteiger partial charge is 0.227 e. The summed E-state index contributed by atoms with van der Waals surface area (Å²) in [5.74, 6) is 0.670. The normalized spacial score (nSPS) is 12.7. The molecule has 1 aromatic heterocycles. The maximum absolute atomic E-state index is 4.98. The maximum atomic E-state index is 4.98. The zero-order valence-electron chi connectivity index (χ0n) is 11.4. The highest BCUT2D eigenvalue weighted by atomic mass is 16.5. The van der Waals surface area contributed by atoms with Gasteiger partial charge in [0.1, 0.15) is 0 Å². The molecule has 0 aliphatic heterocycles. The lowest BCUT2D eigenvalue weighted by Crippen LogP contribution is -2.21. The van der Waals surface area contributed by atoms with E-state index in [-0.39, 0.29) is 0 Å². The van der Waals surface area contributed by atoms with Gasteiger partial charge >= 0.3 is 0 Å². The summed E-state index contributed by atoms with van der Waals surface area (Å²) in [5.41, 5.74) is 1.29. The Hall–Kier alpha value is -2.20. The molecule has 0 amide bonds. The lowest BCUT2D eigenvalue weighted by atomic mass is 10.0. The average Bonchev–Trinajstić information content (AvgIpc) is 3.00. The van der Waals surface area contributed by atoms with E-state index in [1.54, 1.807) is 0 Å². The van der Waals surface area contributed by atoms with Crippen LogP contribution in [0.25, 0.3) is 10.8 Å². The Labute approximate surface area is 117 Å². The van der Waals surface area contributed by atoms with Crippen molar-refractivity contribution >= 4 is 10.8 Å². The Bertz CT molecular complexity index is 679. The van der Waals surface area contributed by atoms with Gasteiger partial charge in [0.15, 0.2) is 6.33 Å². The Morgan fingerprint density at radius 3 is 2.80 bits per heavy atom. The van der Waals surface area contributed by atoms with Crippen LogP contribution in [0, 0.1) is 0 Å². The van der Waals surface area contributed by atoms with Crippen molar-refractivity contribution in [2.75, 3.05) is 6.54 Å². The summed E-state index contributed by atoms with van der Waals surface area (Å²) >= 11 is 0. The highest BCUT2D eigenvalue weighted by Crippen LogP contribution is 2.20. The second kappa shape index (κ2) is 5.84. The molecule has 1 unspecified atom stereocenters. The van der Waals surface area contributed by atoms with Crippen LogP contribution >= 0.6 is 0 Å². The summed E-state index contributed by atoms with van der Waals surface area (Å²) in [6.45, 7) is 2.98. The predicted molar refractivity (Wildman–Crippen MR) is 78.4 cm³/mol. The van der Waals surface area contributed by atoms with Crippen molar-refractivity contribution in [3.05, 3.63) is 60.2 Å². The molecule has 4 nitrogen and oxygen atoms in total. The number of fused-ring (bicyclic) bond motifs is 1. The van der Waals surface area contributed by atoms with Crippen molar-refractivity contribution in [1.29, 1.82) is 0 Å². The zero-order chi connectivity index (χ0) is 13.8. The molecule has 1 N–H and O–H groups in total. The maximum Gasteiger partial charge on any atom is 0.227 e. The monoisotopic (exact) mass is 267 g/mol. The average molecular weight is 267 g/mol. The first-order valence-electron chi connectivity index (χ1n) is 6.80. The molecular formula is C16H17N3O. The van der Waals surface area contributed by atoms with E-state index in [4.69, 9.17) is 4.52 Å². The van der Waals surface area contributed by atoms with Gasteiger partial charge in [-0.25, -0.2) is 0 Å². The molecular weight excluding hydrogens is 250 g/mol. The summed E-state index contributed by atoms with van der Waals surface area (Å²) in [7, 11) is 0. The number of nitrogens with zero attached hydrogens (tertiary/aromatic N) is 2. The first-order valence-corrected chi connectivity index (χ1v) is 6.80. The van der Waals surface area contributed by atoms with Gasteiger partial charge in [-0.2, -0.15) is 4.98 Å². The minimum atomic E-state index is 0.294. The molecule has 0 fully saturated rings. The Balaban J connectivity index is 1.64. The van der Waals surface area contributed by atoms with Gasteiger partial charge in [-0.15, -0.1) is 0 Å². The number of nitrogens with one attached hydrogen (secondary N) is 1. The molecule has 0 aliphatic carbocycles. The van der Waals surface area contributed by atoms with Gasteiger partial charge < -0.3 is 9.84 Å².